The smallest absolute Gasteiger partial charge is 0.362 e. The van der Waals surface area contributed by atoms with Crippen LogP contribution in [-0.4, -0.2) is 22.1 Å². The number of rotatable bonds is 4. The Balaban J connectivity index is 2.73. The van der Waals surface area contributed by atoms with Gasteiger partial charge in [-0.15, -0.1) is 6.58 Å². The van der Waals surface area contributed by atoms with Gasteiger partial charge in [0.25, 0.3) is 5.56 Å². The third-order valence-electron chi connectivity index (χ3n) is 2.63. The molecule has 19 heavy (non-hydrogen) atoms. The molecular weight excluding hydrogens is 244 g/mol. The Kier molecular flexibility index (Phi) is 3.75. The number of hydrogen-bond donors (Lipinski definition) is 0. The van der Waals surface area contributed by atoms with Crippen LogP contribution >= 0.6 is 0 Å². The Labute approximate surface area is 110 Å². The Morgan fingerprint density at radius 1 is 1.47 bits per heavy atom. The molecule has 0 saturated carbocycles. The second kappa shape index (κ2) is 5.48. The molecule has 1 aromatic heterocycles. The molecule has 0 aliphatic heterocycles. The second-order valence-electron chi connectivity index (χ2n) is 3.87. The van der Waals surface area contributed by atoms with Crippen LogP contribution in [0.3, 0.4) is 0 Å². The van der Waals surface area contributed by atoms with Gasteiger partial charge in [-0.05, 0) is 19.1 Å². The minimum Gasteiger partial charge on any atom is -0.461 e. The number of allylic oxidation sites excluding steroid dienone is 1. The van der Waals surface area contributed by atoms with Crippen molar-refractivity contribution in [1.29, 1.82) is 0 Å². The summed E-state index contributed by atoms with van der Waals surface area (Å²) in [5, 5.41) is 0. The van der Waals surface area contributed by atoms with Crippen LogP contribution in [0.5, 0.6) is 0 Å². The number of aromatic nitrogens is 2. The van der Waals surface area contributed by atoms with Crippen molar-refractivity contribution in [3.8, 4) is 0 Å². The van der Waals surface area contributed by atoms with Crippen molar-refractivity contribution in [1.82, 2.24) is 9.55 Å². The van der Waals surface area contributed by atoms with Gasteiger partial charge in [0.1, 0.15) is 0 Å². The molecule has 2 aromatic rings. The molecule has 0 atom stereocenters. The van der Waals surface area contributed by atoms with Crippen molar-refractivity contribution in [2.45, 2.75) is 13.5 Å². The van der Waals surface area contributed by atoms with E-state index in [1.54, 1.807) is 31.2 Å². The van der Waals surface area contributed by atoms with Gasteiger partial charge < -0.3 is 9.30 Å². The fourth-order valence-electron chi connectivity index (χ4n) is 1.84. The molecule has 0 saturated heterocycles. The number of benzene rings is 1. The lowest BCUT2D eigenvalue weighted by Gasteiger charge is -2.09. The maximum Gasteiger partial charge on any atom is 0.362 e. The van der Waals surface area contributed by atoms with Gasteiger partial charge in [-0.3, -0.25) is 4.79 Å². The van der Waals surface area contributed by atoms with Gasteiger partial charge in [-0.1, -0.05) is 18.2 Å². The first kappa shape index (κ1) is 13.0. The lowest BCUT2D eigenvalue weighted by molar-refractivity contribution is 0.0517. The Hall–Kier alpha value is -2.43. The molecule has 0 unspecified atom stereocenters. The van der Waals surface area contributed by atoms with Gasteiger partial charge in [-0.25, -0.2) is 9.78 Å². The standard InChI is InChI=1S/C14H14N2O3/c1-3-9-16-11-8-6-5-7-10(11)15-12(13(16)17)14(18)19-4-2/h3,5-8H,1,4,9H2,2H3. The molecule has 5 nitrogen and oxygen atoms in total. The summed E-state index contributed by atoms with van der Waals surface area (Å²) >= 11 is 0. The molecular formula is C14H14N2O3. The average Bonchev–Trinajstić information content (AvgIpc) is 2.42. The summed E-state index contributed by atoms with van der Waals surface area (Å²) in [5.74, 6) is -0.698. The first-order chi connectivity index (χ1) is 9.19. The molecule has 5 heteroatoms. The van der Waals surface area contributed by atoms with E-state index in [4.69, 9.17) is 4.74 Å². The first-order valence-corrected chi connectivity index (χ1v) is 5.96. The van der Waals surface area contributed by atoms with Gasteiger partial charge in [0.2, 0.25) is 5.69 Å². The molecule has 0 fully saturated rings. The zero-order valence-electron chi connectivity index (χ0n) is 10.6. The Bertz CT molecular complexity index is 689. The molecule has 1 aromatic carbocycles. The summed E-state index contributed by atoms with van der Waals surface area (Å²) in [7, 11) is 0. The number of fused-ring (bicyclic) bond motifs is 1. The summed E-state index contributed by atoms with van der Waals surface area (Å²) in [4.78, 5) is 28.1. The van der Waals surface area contributed by atoms with Crippen molar-refractivity contribution in [3.05, 3.63) is 53.0 Å². The third kappa shape index (κ3) is 2.40. The maximum atomic E-state index is 12.2. The van der Waals surface area contributed by atoms with Crippen LogP contribution < -0.4 is 5.56 Å². The van der Waals surface area contributed by atoms with E-state index in [-0.39, 0.29) is 12.3 Å². The van der Waals surface area contributed by atoms with Gasteiger partial charge >= 0.3 is 5.97 Å². The van der Waals surface area contributed by atoms with E-state index in [1.807, 2.05) is 6.07 Å². The van der Waals surface area contributed by atoms with Crippen molar-refractivity contribution >= 4 is 17.0 Å². The predicted molar refractivity (Wildman–Crippen MR) is 72.2 cm³/mol. The van der Waals surface area contributed by atoms with E-state index in [0.29, 0.717) is 17.6 Å². The van der Waals surface area contributed by atoms with Crippen LogP contribution in [0, 0.1) is 0 Å². The molecule has 0 N–H and O–H groups in total. The predicted octanol–water partition coefficient (Wildman–Crippen LogP) is 1.76. The number of carbonyl (C=O) groups is 1. The molecule has 1 heterocycles. The van der Waals surface area contributed by atoms with Crippen LogP contribution in [0.15, 0.2) is 41.7 Å². The molecule has 0 bridgehead atoms. The molecule has 2 rings (SSSR count). The topological polar surface area (TPSA) is 61.2 Å². The first-order valence-electron chi connectivity index (χ1n) is 5.96. The summed E-state index contributed by atoms with van der Waals surface area (Å²) in [5.41, 5.74) is 0.590. The van der Waals surface area contributed by atoms with Gasteiger partial charge in [0.15, 0.2) is 0 Å². The number of nitrogens with zero attached hydrogens (tertiary/aromatic N) is 2. The lowest BCUT2D eigenvalue weighted by Crippen LogP contribution is -2.29. The highest BCUT2D eigenvalue weighted by Gasteiger charge is 2.17. The normalized spacial score (nSPS) is 10.4. The van der Waals surface area contributed by atoms with E-state index in [9.17, 15) is 9.59 Å². The van der Waals surface area contributed by atoms with Crippen LogP contribution in [-0.2, 0) is 11.3 Å². The molecule has 0 aliphatic carbocycles. The summed E-state index contributed by atoms with van der Waals surface area (Å²) in [6, 6.07) is 7.14. The Morgan fingerprint density at radius 2 is 2.21 bits per heavy atom. The molecule has 98 valence electrons. The lowest BCUT2D eigenvalue weighted by atomic mass is 10.2. The van der Waals surface area contributed by atoms with Gasteiger partial charge in [0.05, 0.1) is 17.6 Å². The van der Waals surface area contributed by atoms with Crippen LogP contribution in [0.25, 0.3) is 11.0 Å². The number of esters is 1. The fraction of sp³-hybridized carbons (Fsp3) is 0.214. The van der Waals surface area contributed by atoms with Crippen LogP contribution in [0.4, 0.5) is 0 Å². The monoisotopic (exact) mass is 258 g/mol. The summed E-state index contributed by atoms with van der Waals surface area (Å²) in [6.07, 6.45) is 1.60. The quantitative estimate of drug-likeness (QED) is 0.619. The highest BCUT2D eigenvalue weighted by atomic mass is 16.5. The van der Waals surface area contributed by atoms with E-state index in [2.05, 4.69) is 11.6 Å². The fourth-order valence-corrected chi connectivity index (χ4v) is 1.84. The SMILES string of the molecule is C=CCn1c(=O)c(C(=O)OCC)nc2ccccc21. The summed E-state index contributed by atoms with van der Waals surface area (Å²) in [6.45, 7) is 5.82. The average molecular weight is 258 g/mol. The highest BCUT2D eigenvalue weighted by molar-refractivity contribution is 5.89. The van der Waals surface area contributed by atoms with Crippen molar-refractivity contribution < 1.29 is 9.53 Å². The number of carbonyl (C=O) groups excluding carboxylic acids is 1. The Morgan fingerprint density at radius 3 is 2.89 bits per heavy atom. The molecule has 0 spiro atoms. The molecule has 0 radical (unpaired) electrons. The van der Waals surface area contributed by atoms with Gasteiger partial charge in [0, 0.05) is 6.54 Å². The van der Waals surface area contributed by atoms with Crippen molar-refractivity contribution in [3.63, 3.8) is 0 Å². The van der Waals surface area contributed by atoms with Crippen LogP contribution in [0.2, 0.25) is 0 Å². The molecule has 0 amide bonds. The van der Waals surface area contributed by atoms with Crippen molar-refractivity contribution in [2.24, 2.45) is 0 Å². The van der Waals surface area contributed by atoms with E-state index in [1.165, 1.54) is 4.57 Å². The van der Waals surface area contributed by atoms with Crippen molar-refractivity contribution in [2.75, 3.05) is 6.61 Å². The zero-order chi connectivity index (χ0) is 13.8. The third-order valence-corrected chi connectivity index (χ3v) is 2.63. The molecule has 0 aliphatic rings. The maximum absolute atomic E-state index is 12.2. The summed E-state index contributed by atoms with van der Waals surface area (Å²) < 4.78 is 6.31. The van der Waals surface area contributed by atoms with Crippen LogP contribution in [0.1, 0.15) is 17.4 Å². The zero-order valence-corrected chi connectivity index (χ0v) is 10.6. The van der Waals surface area contributed by atoms with E-state index >= 15 is 0 Å². The second-order valence-corrected chi connectivity index (χ2v) is 3.87. The minimum atomic E-state index is -0.698. The van der Waals surface area contributed by atoms with E-state index in [0.717, 1.165) is 0 Å². The number of para-hydroxylation sites is 2. The number of hydrogen-bond acceptors (Lipinski definition) is 4. The number of ether oxygens (including phenoxy) is 1. The van der Waals surface area contributed by atoms with Gasteiger partial charge in [-0.2, -0.15) is 0 Å². The van der Waals surface area contributed by atoms with E-state index < -0.39 is 11.5 Å². The highest BCUT2D eigenvalue weighted by Crippen LogP contribution is 2.10. The minimum absolute atomic E-state index is 0.192. The largest absolute Gasteiger partial charge is 0.461 e.